The first-order chi connectivity index (χ1) is 19.6. The number of nitrogens with zero attached hydrogens (tertiary/aromatic N) is 4. The van der Waals surface area contributed by atoms with Crippen LogP contribution in [0.5, 0.6) is 0 Å². The fourth-order valence-electron chi connectivity index (χ4n) is 5.39. The minimum atomic E-state index is -3.65. The minimum absolute atomic E-state index is 0.190. The molecule has 3 heterocycles. The van der Waals surface area contributed by atoms with E-state index in [1.165, 1.54) is 18.5 Å². The second-order valence-corrected chi connectivity index (χ2v) is 13.6. The van der Waals surface area contributed by atoms with E-state index in [4.69, 9.17) is 0 Å². The molecule has 0 atom stereocenters. The predicted molar refractivity (Wildman–Crippen MR) is 166 cm³/mol. The molecule has 11 heteroatoms. The molecule has 0 bridgehead atoms. The molecule has 2 saturated heterocycles. The first-order valence-corrected chi connectivity index (χ1v) is 15.9. The van der Waals surface area contributed by atoms with E-state index < -0.39 is 15.6 Å². The molecular weight excluding hydrogens is 536 g/mol. The van der Waals surface area contributed by atoms with E-state index in [1.807, 2.05) is 33.8 Å². The molecule has 1 aromatic heterocycles. The zero-order valence-corrected chi connectivity index (χ0v) is 25.3. The topological polar surface area (TPSA) is 115 Å². The summed E-state index contributed by atoms with van der Waals surface area (Å²) in [4.78, 5) is 14.4. The van der Waals surface area contributed by atoms with E-state index in [2.05, 4.69) is 64.7 Å². The second kappa shape index (κ2) is 12.3. The summed E-state index contributed by atoms with van der Waals surface area (Å²) in [5.41, 5.74) is 3.03. The van der Waals surface area contributed by atoms with Crippen molar-refractivity contribution in [2.75, 3.05) is 54.8 Å². The Balaban J connectivity index is 1.21. The molecule has 2 aliphatic heterocycles. The number of piperazine rings is 1. The van der Waals surface area contributed by atoms with Crippen molar-refractivity contribution in [3.8, 4) is 0 Å². The summed E-state index contributed by atoms with van der Waals surface area (Å²) in [5, 5.41) is 10.0. The summed E-state index contributed by atoms with van der Waals surface area (Å²) < 4.78 is 28.3. The summed E-state index contributed by atoms with van der Waals surface area (Å²) >= 11 is 0. The van der Waals surface area contributed by atoms with Crippen molar-refractivity contribution in [1.82, 2.24) is 24.9 Å². The number of aryl methyl sites for hydroxylation is 1. The number of anilines is 5. The molecule has 0 spiro atoms. The molecule has 10 nitrogen and oxygen atoms in total. The third-order valence-electron chi connectivity index (χ3n) is 7.44. The molecule has 2 aliphatic rings. The fraction of sp³-hybridized carbons (Fsp3) is 0.467. The van der Waals surface area contributed by atoms with E-state index in [0.29, 0.717) is 23.5 Å². The van der Waals surface area contributed by atoms with Crippen molar-refractivity contribution in [3.63, 3.8) is 0 Å². The van der Waals surface area contributed by atoms with Gasteiger partial charge in [-0.2, -0.15) is 4.98 Å². The van der Waals surface area contributed by atoms with Crippen LogP contribution in [0.3, 0.4) is 0 Å². The van der Waals surface area contributed by atoms with Crippen molar-refractivity contribution >= 4 is 38.9 Å². The van der Waals surface area contributed by atoms with Gasteiger partial charge in [-0.05, 0) is 83.0 Å². The number of hydrogen-bond donors (Lipinski definition) is 4. The van der Waals surface area contributed by atoms with Crippen LogP contribution in [-0.4, -0.2) is 74.1 Å². The van der Waals surface area contributed by atoms with Gasteiger partial charge in [-0.15, -0.1) is 0 Å². The number of aromatic nitrogens is 2. The van der Waals surface area contributed by atoms with E-state index in [9.17, 15) is 8.42 Å². The second-order valence-electron chi connectivity index (χ2n) is 11.9. The standard InChI is InChI=1S/C30H42N8O2S/c1-22-21-32-29(35-28(22)33-24-6-5-7-27(20-24)41(39,40)36-30(2,3)4)34-23-8-10-25(11-9-23)37-16-12-26(13-17-37)38-18-14-31-15-19-38/h5-11,20-21,26,31,36H,12-19H2,1-4H3,(H2,32,33,34,35). The summed E-state index contributed by atoms with van der Waals surface area (Å²) in [6, 6.07) is 15.8. The van der Waals surface area contributed by atoms with Crippen LogP contribution in [0.25, 0.3) is 0 Å². The van der Waals surface area contributed by atoms with Gasteiger partial charge in [0.05, 0.1) is 4.90 Å². The highest BCUT2D eigenvalue weighted by molar-refractivity contribution is 7.89. The van der Waals surface area contributed by atoms with Gasteiger partial charge in [0.15, 0.2) is 0 Å². The van der Waals surface area contributed by atoms with Crippen molar-refractivity contribution in [2.24, 2.45) is 0 Å². The number of nitrogens with one attached hydrogen (secondary N) is 4. The van der Waals surface area contributed by atoms with Gasteiger partial charge in [0.1, 0.15) is 5.82 Å². The molecule has 0 radical (unpaired) electrons. The number of rotatable bonds is 8. The zero-order valence-electron chi connectivity index (χ0n) is 24.4. The molecule has 0 aliphatic carbocycles. The lowest BCUT2D eigenvalue weighted by atomic mass is 10.0. The lowest BCUT2D eigenvalue weighted by Gasteiger charge is -2.41. The van der Waals surface area contributed by atoms with Gasteiger partial charge >= 0.3 is 0 Å². The van der Waals surface area contributed by atoms with Gasteiger partial charge in [0.25, 0.3) is 0 Å². The molecule has 4 N–H and O–H groups in total. The van der Waals surface area contributed by atoms with Crippen molar-refractivity contribution in [1.29, 1.82) is 0 Å². The predicted octanol–water partition coefficient (Wildman–Crippen LogP) is 4.22. The molecule has 3 aromatic rings. The van der Waals surface area contributed by atoms with Gasteiger partial charge in [-0.3, -0.25) is 4.90 Å². The van der Waals surface area contributed by atoms with E-state index in [0.717, 1.165) is 50.5 Å². The van der Waals surface area contributed by atoms with Gasteiger partial charge < -0.3 is 20.9 Å². The van der Waals surface area contributed by atoms with Gasteiger partial charge in [0, 0.05) is 79.7 Å². The molecule has 5 rings (SSSR count). The normalized spacial score (nSPS) is 17.4. The molecule has 0 unspecified atom stereocenters. The third kappa shape index (κ3) is 7.73. The molecule has 2 aromatic carbocycles. The summed E-state index contributed by atoms with van der Waals surface area (Å²) in [6.07, 6.45) is 4.15. The first-order valence-electron chi connectivity index (χ1n) is 14.4. The van der Waals surface area contributed by atoms with Crippen molar-refractivity contribution < 1.29 is 8.42 Å². The van der Waals surface area contributed by atoms with Crippen LogP contribution >= 0.6 is 0 Å². The van der Waals surface area contributed by atoms with Crippen LogP contribution < -0.4 is 25.6 Å². The summed E-state index contributed by atoms with van der Waals surface area (Å²) in [6.45, 7) is 14.0. The third-order valence-corrected chi connectivity index (χ3v) is 9.20. The Morgan fingerprint density at radius 1 is 0.927 bits per heavy atom. The molecule has 2 fully saturated rings. The Bertz CT molecular complexity index is 1430. The van der Waals surface area contributed by atoms with Gasteiger partial charge in [0.2, 0.25) is 16.0 Å². The lowest BCUT2D eigenvalue weighted by Crippen LogP contribution is -2.52. The summed E-state index contributed by atoms with van der Waals surface area (Å²) in [7, 11) is -3.65. The average molecular weight is 579 g/mol. The van der Waals surface area contributed by atoms with E-state index in [1.54, 1.807) is 24.4 Å². The summed E-state index contributed by atoms with van der Waals surface area (Å²) in [5.74, 6) is 1.06. The average Bonchev–Trinajstić information content (AvgIpc) is 2.95. The highest BCUT2D eigenvalue weighted by Gasteiger charge is 2.26. The van der Waals surface area contributed by atoms with Crippen LogP contribution in [0, 0.1) is 6.92 Å². The van der Waals surface area contributed by atoms with Crippen molar-refractivity contribution in [3.05, 3.63) is 60.3 Å². The van der Waals surface area contributed by atoms with E-state index in [-0.39, 0.29) is 4.90 Å². The van der Waals surface area contributed by atoms with Crippen molar-refractivity contribution in [2.45, 2.75) is 57.0 Å². The smallest absolute Gasteiger partial charge is 0.241 e. The SMILES string of the molecule is Cc1cnc(Nc2ccc(N3CCC(N4CCNCC4)CC3)cc2)nc1Nc1cccc(S(=O)(=O)NC(C)(C)C)c1. The first kappa shape index (κ1) is 29.2. The lowest BCUT2D eigenvalue weighted by molar-refractivity contribution is 0.150. The highest BCUT2D eigenvalue weighted by Crippen LogP contribution is 2.27. The van der Waals surface area contributed by atoms with Gasteiger partial charge in [-0.1, -0.05) is 6.07 Å². The Morgan fingerprint density at radius 2 is 1.63 bits per heavy atom. The molecule has 220 valence electrons. The Morgan fingerprint density at radius 3 is 2.32 bits per heavy atom. The number of benzene rings is 2. The molecule has 0 saturated carbocycles. The Hall–Kier alpha value is -3.25. The van der Waals surface area contributed by atoms with Crippen LogP contribution in [0.4, 0.5) is 28.8 Å². The maximum atomic E-state index is 12.8. The molecular formula is C30H42N8O2S. The molecule has 0 amide bonds. The Kier molecular flexibility index (Phi) is 8.79. The Labute approximate surface area is 244 Å². The number of piperidine rings is 1. The van der Waals surface area contributed by atoms with Crippen LogP contribution in [0.15, 0.2) is 59.6 Å². The monoisotopic (exact) mass is 578 g/mol. The number of sulfonamides is 1. The van der Waals surface area contributed by atoms with E-state index >= 15 is 0 Å². The minimum Gasteiger partial charge on any atom is -0.371 e. The largest absolute Gasteiger partial charge is 0.371 e. The quantitative estimate of drug-likeness (QED) is 0.312. The van der Waals surface area contributed by atoms with Gasteiger partial charge in [-0.25, -0.2) is 18.1 Å². The van der Waals surface area contributed by atoms with Crippen LogP contribution in [0.1, 0.15) is 39.2 Å². The fourth-order valence-corrected chi connectivity index (χ4v) is 6.85. The molecule has 41 heavy (non-hydrogen) atoms. The van der Waals surface area contributed by atoms with Crippen LogP contribution in [0.2, 0.25) is 0 Å². The number of hydrogen-bond acceptors (Lipinski definition) is 9. The highest BCUT2D eigenvalue weighted by atomic mass is 32.2. The zero-order chi connectivity index (χ0) is 29.0. The van der Waals surface area contributed by atoms with Crippen LogP contribution in [-0.2, 0) is 10.0 Å². The maximum Gasteiger partial charge on any atom is 0.241 e. The maximum absolute atomic E-state index is 12.8.